The molecular weight excluding hydrogens is 372 g/mol. The minimum absolute atomic E-state index is 0.128. The van der Waals surface area contributed by atoms with Gasteiger partial charge in [0.1, 0.15) is 12.3 Å². The fourth-order valence-corrected chi connectivity index (χ4v) is 3.36. The van der Waals surface area contributed by atoms with Crippen molar-refractivity contribution in [2.45, 2.75) is 32.7 Å². The molecule has 1 saturated heterocycles. The molecule has 0 bridgehead atoms. The van der Waals surface area contributed by atoms with E-state index in [1.165, 1.54) is 18.1 Å². The number of nitrogens with one attached hydrogen (secondary N) is 1. The van der Waals surface area contributed by atoms with Gasteiger partial charge in [-0.15, -0.1) is 0 Å². The van der Waals surface area contributed by atoms with Crippen LogP contribution in [0, 0.1) is 25.2 Å². The molecule has 2 heterocycles. The van der Waals surface area contributed by atoms with E-state index in [-0.39, 0.29) is 13.0 Å². The van der Waals surface area contributed by atoms with E-state index < -0.39 is 29.9 Å². The molecule has 1 aliphatic rings. The zero-order valence-electron chi connectivity index (χ0n) is 16.6. The molecule has 150 valence electrons. The first-order chi connectivity index (χ1) is 13.8. The van der Waals surface area contributed by atoms with E-state index in [9.17, 15) is 14.4 Å². The lowest BCUT2D eigenvalue weighted by atomic mass is 9.99. The van der Waals surface area contributed by atoms with Gasteiger partial charge in [0.25, 0.3) is 5.91 Å². The maximum atomic E-state index is 13.1. The molecule has 0 spiro atoms. The minimum atomic E-state index is -1.36. The van der Waals surface area contributed by atoms with Crippen molar-refractivity contribution in [2.75, 3.05) is 18.0 Å². The zero-order valence-corrected chi connectivity index (χ0v) is 16.6. The molecule has 2 aromatic rings. The number of imide groups is 1. The van der Waals surface area contributed by atoms with Gasteiger partial charge in [0, 0.05) is 12.2 Å². The topological polar surface area (TPSA) is 107 Å². The second kappa shape index (κ2) is 7.80. The number of rotatable bonds is 6. The third-order valence-electron chi connectivity index (χ3n) is 5.20. The molecular formula is C21H22N4O4. The van der Waals surface area contributed by atoms with Crippen LogP contribution >= 0.6 is 0 Å². The molecule has 1 fully saturated rings. The Morgan fingerprint density at radius 2 is 2.03 bits per heavy atom. The average Bonchev–Trinajstić information content (AvgIpc) is 3.30. The number of carbonyl (C=O) groups excluding carboxylic acids is 3. The highest BCUT2D eigenvalue weighted by molar-refractivity contribution is 6.10. The summed E-state index contributed by atoms with van der Waals surface area (Å²) in [4.78, 5) is 40.8. The van der Waals surface area contributed by atoms with Crippen LogP contribution < -0.4 is 10.2 Å². The molecule has 0 aliphatic carbocycles. The lowest BCUT2D eigenvalue weighted by molar-refractivity contribution is -0.134. The zero-order chi connectivity index (χ0) is 21.2. The Labute approximate surface area is 168 Å². The third-order valence-corrected chi connectivity index (χ3v) is 5.20. The van der Waals surface area contributed by atoms with Gasteiger partial charge in [-0.05, 0) is 50.1 Å². The molecule has 3 rings (SSSR count). The van der Waals surface area contributed by atoms with Gasteiger partial charge < -0.3 is 14.6 Å². The van der Waals surface area contributed by atoms with E-state index in [1.807, 2.05) is 32.0 Å². The molecule has 1 aromatic heterocycles. The van der Waals surface area contributed by atoms with Crippen LogP contribution in [0.5, 0.6) is 0 Å². The minimum Gasteiger partial charge on any atom is -0.466 e. The number of aryl methyl sites for hydroxylation is 1. The number of benzene rings is 1. The number of carbonyl (C=O) groups is 3. The first-order valence-corrected chi connectivity index (χ1v) is 9.21. The Morgan fingerprint density at radius 3 is 2.69 bits per heavy atom. The van der Waals surface area contributed by atoms with Crippen LogP contribution in [-0.2, 0) is 15.1 Å². The van der Waals surface area contributed by atoms with Gasteiger partial charge in [0.15, 0.2) is 5.54 Å². The van der Waals surface area contributed by atoms with Crippen molar-refractivity contribution >= 4 is 23.5 Å². The van der Waals surface area contributed by atoms with Crippen LogP contribution in [-0.4, -0.2) is 35.8 Å². The highest BCUT2D eigenvalue weighted by Crippen LogP contribution is 2.29. The number of amides is 4. The third kappa shape index (κ3) is 3.59. The van der Waals surface area contributed by atoms with Gasteiger partial charge in [-0.2, -0.15) is 5.26 Å². The van der Waals surface area contributed by atoms with E-state index in [0.717, 1.165) is 16.0 Å². The van der Waals surface area contributed by atoms with Crippen molar-refractivity contribution in [2.24, 2.45) is 0 Å². The summed E-state index contributed by atoms with van der Waals surface area (Å²) in [5.41, 5.74) is 1.19. The molecule has 8 heteroatoms. The summed E-state index contributed by atoms with van der Waals surface area (Å²) in [6.07, 6.45) is 1.54. The quantitative estimate of drug-likeness (QED) is 0.758. The Hall–Kier alpha value is -3.60. The van der Waals surface area contributed by atoms with Crippen LogP contribution in [0.25, 0.3) is 0 Å². The van der Waals surface area contributed by atoms with Crippen molar-refractivity contribution in [3.05, 3.63) is 53.5 Å². The standard InChI is InChI=1S/C21H22N4O4/c1-14-7-4-8-16(15(14)2)24(11-6-10-22)18(26)13-25-19(27)21(3,23-20(25)28)17-9-5-12-29-17/h4-5,7-9,12H,6,11,13H2,1-3H3,(H,23,28). The number of hydrogen-bond donors (Lipinski definition) is 1. The predicted octanol–water partition coefficient (Wildman–Crippen LogP) is 2.61. The van der Waals surface area contributed by atoms with Crippen molar-refractivity contribution in [1.29, 1.82) is 5.26 Å². The van der Waals surface area contributed by atoms with Gasteiger partial charge >= 0.3 is 6.03 Å². The number of furan rings is 1. The first-order valence-electron chi connectivity index (χ1n) is 9.21. The summed E-state index contributed by atoms with van der Waals surface area (Å²) in [5, 5.41) is 11.6. The van der Waals surface area contributed by atoms with Crippen LogP contribution in [0.15, 0.2) is 41.0 Å². The van der Waals surface area contributed by atoms with Crippen LogP contribution in [0.1, 0.15) is 30.2 Å². The average molecular weight is 394 g/mol. The summed E-state index contributed by atoms with van der Waals surface area (Å²) < 4.78 is 5.30. The lowest BCUT2D eigenvalue weighted by Crippen LogP contribution is -2.45. The molecule has 1 atom stereocenters. The monoisotopic (exact) mass is 394 g/mol. The van der Waals surface area contributed by atoms with E-state index in [4.69, 9.17) is 9.68 Å². The lowest BCUT2D eigenvalue weighted by Gasteiger charge is -2.26. The Kier molecular flexibility index (Phi) is 5.41. The molecule has 1 unspecified atom stereocenters. The Morgan fingerprint density at radius 1 is 1.28 bits per heavy atom. The molecule has 1 N–H and O–H groups in total. The van der Waals surface area contributed by atoms with Gasteiger partial charge in [0.05, 0.1) is 18.8 Å². The smallest absolute Gasteiger partial charge is 0.325 e. The molecule has 8 nitrogen and oxygen atoms in total. The maximum Gasteiger partial charge on any atom is 0.325 e. The summed E-state index contributed by atoms with van der Waals surface area (Å²) in [6, 6.07) is 10.1. The normalized spacial score (nSPS) is 18.5. The second-order valence-electron chi connectivity index (χ2n) is 7.10. The summed E-state index contributed by atoms with van der Waals surface area (Å²) in [6.45, 7) is 5.09. The van der Waals surface area contributed by atoms with E-state index >= 15 is 0 Å². The number of nitriles is 1. The number of urea groups is 1. The maximum absolute atomic E-state index is 13.1. The Bertz CT molecular complexity index is 993. The molecule has 0 radical (unpaired) electrons. The highest BCUT2D eigenvalue weighted by Gasteiger charge is 2.51. The van der Waals surface area contributed by atoms with Crippen LogP contribution in [0.2, 0.25) is 0 Å². The predicted molar refractivity (Wildman–Crippen MR) is 105 cm³/mol. The number of nitrogens with zero attached hydrogens (tertiary/aromatic N) is 3. The highest BCUT2D eigenvalue weighted by atomic mass is 16.3. The van der Waals surface area contributed by atoms with Gasteiger partial charge in [0.2, 0.25) is 5.91 Å². The Balaban J connectivity index is 1.86. The first kappa shape index (κ1) is 20.1. The molecule has 4 amide bonds. The largest absolute Gasteiger partial charge is 0.466 e. The van der Waals surface area contributed by atoms with Gasteiger partial charge in [-0.1, -0.05) is 12.1 Å². The van der Waals surface area contributed by atoms with E-state index in [2.05, 4.69) is 5.32 Å². The molecule has 29 heavy (non-hydrogen) atoms. The SMILES string of the molecule is Cc1cccc(N(CCC#N)C(=O)CN2C(=O)NC(C)(c3ccco3)C2=O)c1C. The van der Waals surface area contributed by atoms with Crippen molar-refractivity contribution in [1.82, 2.24) is 10.2 Å². The van der Waals surface area contributed by atoms with Gasteiger partial charge in [-0.25, -0.2) is 4.79 Å². The van der Waals surface area contributed by atoms with Crippen LogP contribution in [0.4, 0.5) is 10.5 Å². The fourth-order valence-electron chi connectivity index (χ4n) is 3.36. The van der Waals surface area contributed by atoms with Crippen molar-refractivity contribution in [3.63, 3.8) is 0 Å². The van der Waals surface area contributed by atoms with Crippen molar-refractivity contribution < 1.29 is 18.8 Å². The summed E-state index contributed by atoms with van der Waals surface area (Å²) in [7, 11) is 0. The van der Waals surface area contributed by atoms with E-state index in [0.29, 0.717) is 11.4 Å². The summed E-state index contributed by atoms with van der Waals surface area (Å²) in [5.74, 6) is -0.713. The van der Waals surface area contributed by atoms with Gasteiger partial charge in [-0.3, -0.25) is 14.5 Å². The van der Waals surface area contributed by atoms with Crippen LogP contribution in [0.3, 0.4) is 0 Å². The van der Waals surface area contributed by atoms with E-state index in [1.54, 1.807) is 18.2 Å². The van der Waals surface area contributed by atoms with Crippen molar-refractivity contribution in [3.8, 4) is 6.07 Å². The summed E-state index contributed by atoms with van der Waals surface area (Å²) >= 11 is 0. The second-order valence-corrected chi connectivity index (χ2v) is 7.10. The number of hydrogen-bond acceptors (Lipinski definition) is 5. The molecule has 1 aliphatic heterocycles. The molecule has 1 aromatic carbocycles. The molecule has 0 saturated carbocycles. The fraction of sp³-hybridized carbons (Fsp3) is 0.333. The number of anilines is 1.